The molecule has 0 aromatic heterocycles. The van der Waals surface area contributed by atoms with Crippen molar-refractivity contribution < 1.29 is 8.78 Å². The molecule has 3 heteroatoms. The Bertz CT molecular complexity index is 228. The van der Waals surface area contributed by atoms with E-state index in [9.17, 15) is 8.78 Å². The summed E-state index contributed by atoms with van der Waals surface area (Å²) in [5, 5.41) is 3.28. The molecule has 0 saturated heterocycles. The number of alkyl halides is 2. The lowest BCUT2D eigenvalue weighted by molar-refractivity contribution is -0.0611. The molecule has 0 amide bonds. The summed E-state index contributed by atoms with van der Waals surface area (Å²) in [6.07, 6.45) is 2.88. The van der Waals surface area contributed by atoms with Crippen LogP contribution in [-0.4, -0.2) is 19.0 Å². The van der Waals surface area contributed by atoms with Crippen molar-refractivity contribution in [1.82, 2.24) is 5.32 Å². The van der Waals surface area contributed by atoms with Crippen molar-refractivity contribution in [2.75, 3.05) is 7.05 Å². The third kappa shape index (κ3) is 4.53. The highest BCUT2D eigenvalue weighted by Gasteiger charge is 2.40. The van der Waals surface area contributed by atoms with Gasteiger partial charge in [-0.1, -0.05) is 20.8 Å². The van der Waals surface area contributed by atoms with Crippen LogP contribution in [0, 0.1) is 17.8 Å². The Kier molecular flexibility index (Phi) is 5.36. The summed E-state index contributed by atoms with van der Waals surface area (Å²) in [7, 11) is 1.91. The van der Waals surface area contributed by atoms with Gasteiger partial charge in [-0.05, 0) is 44.1 Å². The molecule has 0 aliphatic heterocycles. The number of hydrogen-bond acceptors (Lipinski definition) is 1. The molecule has 1 N–H and O–H groups in total. The Balaban J connectivity index is 2.60. The summed E-state index contributed by atoms with van der Waals surface area (Å²) < 4.78 is 26.9. The first kappa shape index (κ1) is 14.9. The largest absolute Gasteiger partial charge is 0.316 e. The molecule has 1 nitrogen and oxygen atoms in total. The van der Waals surface area contributed by atoms with Crippen LogP contribution in [0.4, 0.5) is 8.78 Å². The maximum absolute atomic E-state index is 13.4. The Labute approximate surface area is 104 Å². The zero-order valence-electron chi connectivity index (χ0n) is 11.6. The van der Waals surface area contributed by atoms with E-state index in [0.29, 0.717) is 18.3 Å². The molecule has 102 valence electrons. The number of nitrogens with one attached hydrogen (secondary N) is 1. The average molecular weight is 247 g/mol. The van der Waals surface area contributed by atoms with E-state index >= 15 is 0 Å². The minimum atomic E-state index is -2.43. The van der Waals surface area contributed by atoms with Gasteiger partial charge in [0.1, 0.15) is 0 Å². The Hall–Kier alpha value is -0.180. The van der Waals surface area contributed by atoms with E-state index in [2.05, 4.69) is 26.1 Å². The standard InChI is InChI=1S/C14H27F2N/c1-10(2)8-11(3)13(17-4)12-6-5-7-14(15,16)9-12/h10-13,17H,5-9H2,1-4H3. The van der Waals surface area contributed by atoms with E-state index in [-0.39, 0.29) is 24.8 Å². The van der Waals surface area contributed by atoms with E-state index in [1.165, 1.54) is 0 Å². The van der Waals surface area contributed by atoms with Gasteiger partial charge in [0.25, 0.3) is 0 Å². The van der Waals surface area contributed by atoms with E-state index in [0.717, 1.165) is 12.8 Å². The van der Waals surface area contributed by atoms with Crippen molar-refractivity contribution in [2.24, 2.45) is 17.8 Å². The molecule has 3 atom stereocenters. The van der Waals surface area contributed by atoms with E-state index in [4.69, 9.17) is 0 Å². The van der Waals surface area contributed by atoms with Gasteiger partial charge in [-0.3, -0.25) is 0 Å². The fraction of sp³-hybridized carbons (Fsp3) is 1.00. The summed E-state index contributed by atoms with van der Waals surface area (Å²) in [6, 6.07) is 0.239. The third-order valence-corrected chi connectivity index (χ3v) is 3.98. The zero-order valence-corrected chi connectivity index (χ0v) is 11.6. The molecular formula is C14H27F2N. The van der Waals surface area contributed by atoms with Gasteiger partial charge in [0, 0.05) is 18.9 Å². The normalized spacial score (nSPS) is 28.1. The minimum absolute atomic E-state index is 0.0704. The molecular weight excluding hydrogens is 220 g/mol. The summed E-state index contributed by atoms with van der Waals surface area (Å²) in [5.74, 6) is -1.20. The first-order valence-electron chi connectivity index (χ1n) is 6.91. The van der Waals surface area contributed by atoms with Crippen LogP contribution < -0.4 is 5.32 Å². The number of hydrogen-bond donors (Lipinski definition) is 1. The monoisotopic (exact) mass is 247 g/mol. The van der Waals surface area contributed by atoms with E-state index in [1.54, 1.807) is 0 Å². The van der Waals surface area contributed by atoms with E-state index < -0.39 is 5.92 Å². The first-order chi connectivity index (χ1) is 7.85. The van der Waals surface area contributed by atoms with E-state index in [1.807, 2.05) is 7.05 Å². The number of rotatable bonds is 5. The SMILES string of the molecule is CNC(C(C)CC(C)C)C1CCCC(F)(F)C1. The molecule has 0 bridgehead atoms. The van der Waals surface area contributed by atoms with Crippen molar-refractivity contribution in [2.45, 2.75) is 64.8 Å². The zero-order chi connectivity index (χ0) is 13.1. The molecule has 0 radical (unpaired) electrons. The van der Waals surface area contributed by atoms with Crippen LogP contribution >= 0.6 is 0 Å². The lowest BCUT2D eigenvalue weighted by Crippen LogP contribution is -2.43. The van der Waals surface area contributed by atoms with Gasteiger partial charge in [0.2, 0.25) is 5.92 Å². The van der Waals surface area contributed by atoms with Crippen molar-refractivity contribution in [1.29, 1.82) is 0 Å². The van der Waals surface area contributed by atoms with Crippen LogP contribution in [-0.2, 0) is 0 Å². The maximum atomic E-state index is 13.4. The number of halogens is 2. The molecule has 0 heterocycles. The molecule has 0 aromatic rings. The van der Waals surface area contributed by atoms with Crippen LogP contribution in [0.3, 0.4) is 0 Å². The molecule has 1 saturated carbocycles. The van der Waals surface area contributed by atoms with Crippen LogP contribution in [0.5, 0.6) is 0 Å². The second-order valence-electron chi connectivity index (χ2n) is 6.13. The van der Waals surface area contributed by atoms with Gasteiger partial charge < -0.3 is 5.32 Å². The Morgan fingerprint density at radius 1 is 1.29 bits per heavy atom. The van der Waals surface area contributed by atoms with Crippen molar-refractivity contribution in [3.8, 4) is 0 Å². The molecule has 3 unspecified atom stereocenters. The Morgan fingerprint density at radius 3 is 2.41 bits per heavy atom. The summed E-state index contributed by atoms with van der Waals surface area (Å²) in [5.41, 5.74) is 0. The predicted octanol–water partition coefficient (Wildman–Crippen LogP) is 4.08. The van der Waals surface area contributed by atoms with Crippen LogP contribution in [0.25, 0.3) is 0 Å². The van der Waals surface area contributed by atoms with Crippen molar-refractivity contribution in [3.05, 3.63) is 0 Å². The quantitative estimate of drug-likeness (QED) is 0.772. The van der Waals surface area contributed by atoms with Gasteiger partial charge in [0.15, 0.2) is 0 Å². The minimum Gasteiger partial charge on any atom is -0.316 e. The smallest absolute Gasteiger partial charge is 0.248 e. The highest BCUT2D eigenvalue weighted by Crippen LogP contribution is 2.40. The van der Waals surface area contributed by atoms with Crippen LogP contribution in [0.2, 0.25) is 0 Å². The third-order valence-electron chi connectivity index (χ3n) is 3.98. The van der Waals surface area contributed by atoms with Gasteiger partial charge >= 0.3 is 0 Å². The molecule has 0 aromatic carbocycles. The second-order valence-corrected chi connectivity index (χ2v) is 6.13. The molecule has 1 fully saturated rings. The van der Waals surface area contributed by atoms with Crippen molar-refractivity contribution in [3.63, 3.8) is 0 Å². The van der Waals surface area contributed by atoms with Crippen LogP contribution in [0.1, 0.15) is 52.9 Å². The van der Waals surface area contributed by atoms with Gasteiger partial charge in [-0.15, -0.1) is 0 Å². The second kappa shape index (κ2) is 6.12. The molecule has 1 aliphatic carbocycles. The van der Waals surface area contributed by atoms with Gasteiger partial charge in [0.05, 0.1) is 0 Å². The summed E-state index contributed by atoms with van der Waals surface area (Å²) >= 11 is 0. The molecule has 1 rings (SSSR count). The predicted molar refractivity (Wildman–Crippen MR) is 68.4 cm³/mol. The lowest BCUT2D eigenvalue weighted by atomic mass is 9.76. The maximum Gasteiger partial charge on any atom is 0.248 e. The molecule has 0 spiro atoms. The highest BCUT2D eigenvalue weighted by atomic mass is 19.3. The van der Waals surface area contributed by atoms with Gasteiger partial charge in [-0.2, -0.15) is 0 Å². The summed E-state index contributed by atoms with van der Waals surface area (Å²) in [6.45, 7) is 6.57. The highest BCUT2D eigenvalue weighted by molar-refractivity contribution is 4.88. The average Bonchev–Trinajstić information content (AvgIpc) is 2.15. The fourth-order valence-corrected chi connectivity index (χ4v) is 3.39. The van der Waals surface area contributed by atoms with Gasteiger partial charge in [-0.25, -0.2) is 8.78 Å². The van der Waals surface area contributed by atoms with Crippen LogP contribution in [0.15, 0.2) is 0 Å². The fourth-order valence-electron chi connectivity index (χ4n) is 3.39. The first-order valence-corrected chi connectivity index (χ1v) is 6.91. The van der Waals surface area contributed by atoms with Crippen molar-refractivity contribution >= 4 is 0 Å². The molecule has 17 heavy (non-hydrogen) atoms. The lowest BCUT2D eigenvalue weighted by Gasteiger charge is -2.37. The Morgan fingerprint density at radius 2 is 1.94 bits per heavy atom. The molecule has 1 aliphatic rings. The summed E-state index contributed by atoms with van der Waals surface area (Å²) in [4.78, 5) is 0. The topological polar surface area (TPSA) is 12.0 Å².